The number of benzene rings is 3. The van der Waals surface area contributed by atoms with E-state index in [0.29, 0.717) is 18.4 Å². The molecule has 0 aliphatic heterocycles. The Morgan fingerprint density at radius 1 is 1.04 bits per heavy atom. The second kappa shape index (κ2) is 8.03. The molecular weight excluding hydrogens is 366 g/mol. The molecular formula is C23H17N3OS. The molecule has 0 bridgehead atoms. The number of nitrogens with zero attached hydrogens (tertiary/aromatic N) is 2. The van der Waals surface area contributed by atoms with E-state index in [1.165, 1.54) is 0 Å². The van der Waals surface area contributed by atoms with Gasteiger partial charge in [0, 0.05) is 17.7 Å². The van der Waals surface area contributed by atoms with E-state index in [1.807, 2.05) is 54.6 Å². The molecule has 0 aliphatic carbocycles. The predicted octanol–water partition coefficient (Wildman–Crippen LogP) is 5.41. The summed E-state index contributed by atoms with van der Waals surface area (Å²) in [6.45, 7) is 0. The van der Waals surface area contributed by atoms with Crippen molar-refractivity contribution in [3.8, 4) is 16.6 Å². The number of carbonyl (C=O) groups is 1. The summed E-state index contributed by atoms with van der Waals surface area (Å²) < 4.78 is 1.15. The van der Waals surface area contributed by atoms with Gasteiger partial charge in [-0.05, 0) is 48.4 Å². The lowest BCUT2D eigenvalue weighted by atomic mass is 10.1. The Morgan fingerprint density at radius 2 is 1.86 bits per heavy atom. The molecule has 1 aromatic heterocycles. The summed E-state index contributed by atoms with van der Waals surface area (Å²) in [6, 6.07) is 25.2. The van der Waals surface area contributed by atoms with Gasteiger partial charge in [-0.1, -0.05) is 36.4 Å². The van der Waals surface area contributed by atoms with Gasteiger partial charge in [0.2, 0.25) is 5.91 Å². The van der Waals surface area contributed by atoms with Crippen LogP contribution in [0.5, 0.6) is 0 Å². The van der Waals surface area contributed by atoms with Crippen molar-refractivity contribution in [1.29, 1.82) is 5.26 Å². The number of aromatic nitrogens is 1. The van der Waals surface area contributed by atoms with Gasteiger partial charge in [0.25, 0.3) is 0 Å². The summed E-state index contributed by atoms with van der Waals surface area (Å²) in [5.74, 6) is -0.0363. The highest BCUT2D eigenvalue weighted by atomic mass is 32.1. The fourth-order valence-electron chi connectivity index (χ4n) is 2.95. The van der Waals surface area contributed by atoms with Crippen molar-refractivity contribution in [2.45, 2.75) is 12.8 Å². The fraction of sp³-hybridized carbons (Fsp3) is 0.0870. The summed E-state index contributed by atoms with van der Waals surface area (Å²) in [5, 5.41) is 12.7. The third-order valence-electron chi connectivity index (χ3n) is 4.41. The van der Waals surface area contributed by atoms with Crippen LogP contribution in [-0.2, 0) is 11.2 Å². The van der Waals surface area contributed by atoms with E-state index in [-0.39, 0.29) is 5.91 Å². The van der Waals surface area contributed by atoms with Crippen LogP contribution in [0.25, 0.3) is 20.8 Å². The molecule has 0 fully saturated rings. The van der Waals surface area contributed by atoms with Crippen LogP contribution in [0.2, 0.25) is 0 Å². The molecule has 4 nitrogen and oxygen atoms in total. The van der Waals surface area contributed by atoms with Gasteiger partial charge in [0.1, 0.15) is 5.01 Å². The number of anilines is 1. The Balaban J connectivity index is 1.42. The molecule has 4 aromatic rings. The number of amides is 1. The first-order valence-electron chi connectivity index (χ1n) is 8.96. The lowest BCUT2D eigenvalue weighted by Crippen LogP contribution is -2.12. The molecule has 136 valence electrons. The molecule has 0 unspecified atom stereocenters. The number of aryl methyl sites for hydroxylation is 1. The molecule has 1 amide bonds. The molecule has 0 saturated carbocycles. The fourth-order valence-corrected chi connectivity index (χ4v) is 3.91. The molecule has 28 heavy (non-hydrogen) atoms. The van der Waals surface area contributed by atoms with Crippen LogP contribution < -0.4 is 5.32 Å². The van der Waals surface area contributed by atoms with Gasteiger partial charge >= 0.3 is 0 Å². The van der Waals surface area contributed by atoms with Crippen LogP contribution >= 0.6 is 11.3 Å². The smallest absolute Gasteiger partial charge is 0.224 e. The number of thiazole rings is 1. The zero-order chi connectivity index (χ0) is 19.3. The van der Waals surface area contributed by atoms with Crippen molar-refractivity contribution in [2.75, 3.05) is 5.32 Å². The quantitative estimate of drug-likeness (QED) is 0.501. The van der Waals surface area contributed by atoms with Gasteiger partial charge in [-0.3, -0.25) is 4.79 Å². The number of rotatable bonds is 5. The predicted molar refractivity (Wildman–Crippen MR) is 113 cm³/mol. The normalized spacial score (nSPS) is 10.5. The number of nitrogens with one attached hydrogen (secondary N) is 1. The van der Waals surface area contributed by atoms with Gasteiger partial charge < -0.3 is 5.32 Å². The zero-order valence-corrected chi connectivity index (χ0v) is 15.9. The Kier molecular flexibility index (Phi) is 5.14. The summed E-state index contributed by atoms with van der Waals surface area (Å²) in [5.41, 5.74) is 4.41. The molecule has 0 spiro atoms. The van der Waals surface area contributed by atoms with Crippen LogP contribution in [0.4, 0.5) is 5.69 Å². The Morgan fingerprint density at radius 3 is 2.64 bits per heavy atom. The number of fused-ring (bicyclic) bond motifs is 1. The molecule has 3 aromatic carbocycles. The first-order chi connectivity index (χ1) is 13.7. The largest absolute Gasteiger partial charge is 0.326 e. The maximum atomic E-state index is 12.3. The molecule has 1 N–H and O–H groups in total. The summed E-state index contributed by atoms with van der Waals surface area (Å²) in [4.78, 5) is 17.0. The highest BCUT2D eigenvalue weighted by Crippen LogP contribution is 2.31. The second-order valence-electron chi connectivity index (χ2n) is 6.42. The van der Waals surface area contributed by atoms with Crippen molar-refractivity contribution in [3.05, 3.63) is 83.9 Å². The third-order valence-corrected chi connectivity index (χ3v) is 5.50. The van der Waals surface area contributed by atoms with E-state index in [0.717, 1.165) is 32.0 Å². The Bertz CT molecular complexity index is 1140. The van der Waals surface area contributed by atoms with E-state index < -0.39 is 0 Å². The van der Waals surface area contributed by atoms with Crippen LogP contribution in [0, 0.1) is 11.3 Å². The van der Waals surface area contributed by atoms with Gasteiger partial charge in [-0.15, -0.1) is 11.3 Å². The monoisotopic (exact) mass is 383 g/mol. The van der Waals surface area contributed by atoms with Gasteiger partial charge in [-0.2, -0.15) is 5.26 Å². The van der Waals surface area contributed by atoms with Gasteiger partial charge in [0.15, 0.2) is 0 Å². The van der Waals surface area contributed by atoms with Crippen LogP contribution in [0.3, 0.4) is 0 Å². The van der Waals surface area contributed by atoms with Crippen molar-refractivity contribution < 1.29 is 4.79 Å². The number of carbonyl (C=O) groups excluding carboxylic acids is 1. The lowest BCUT2D eigenvalue weighted by Gasteiger charge is -2.07. The number of nitriles is 1. The van der Waals surface area contributed by atoms with Crippen molar-refractivity contribution >= 4 is 33.1 Å². The van der Waals surface area contributed by atoms with Crippen molar-refractivity contribution in [3.63, 3.8) is 0 Å². The minimum Gasteiger partial charge on any atom is -0.326 e. The summed E-state index contributed by atoms with van der Waals surface area (Å²) in [6.07, 6.45) is 1.02. The first-order valence-corrected chi connectivity index (χ1v) is 9.78. The average Bonchev–Trinajstić information content (AvgIpc) is 3.17. The molecule has 0 saturated heterocycles. The third kappa shape index (κ3) is 4.08. The zero-order valence-electron chi connectivity index (χ0n) is 15.1. The van der Waals surface area contributed by atoms with Crippen LogP contribution in [-0.4, -0.2) is 10.9 Å². The number of hydrogen-bond acceptors (Lipinski definition) is 4. The first kappa shape index (κ1) is 17.9. The van der Waals surface area contributed by atoms with Crippen LogP contribution in [0.15, 0.2) is 72.8 Å². The standard InChI is InChI=1S/C23H17N3OS/c24-15-17-10-8-16(9-11-17)12-13-22(27)25-19-5-3-4-18(14-19)23-26-20-6-1-2-7-21(20)28-23/h1-11,14H,12-13H2,(H,25,27). The lowest BCUT2D eigenvalue weighted by molar-refractivity contribution is -0.116. The topological polar surface area (TPSA) is 65.8 Å². The van der Waals surface area contributed by atoms with Gasteiger partial charge in [-0.25, -0.2) is 4.98 Å². The molecule has 1 heterocycles. The summed E-state index contributed by atoms with van der Waals surface area (Å²) >= 11 is 1.64. The number of hydrogen-bond donors (Lipinski definition) is 1. The van der Waals surface area contributed by atoms with E-state index in [4.69, 9.17) is 5.26 Å². The molecule has 5 heteroatoms. The van der Waals surface area contributed by atoms with Crippen LogP contribution in [0.1, 0.15) is 17.5 Å². The minimum absolute atomic E-state index is 0.0363. The van der Waals surface area contributed by atoms with E-state index in [9.17, 15) is 4.79 Å². The second-order valence-corrected chi connectivity index (χ2v) is 7.46. The minimum atomic E-state index is -0.0363. The van der Waals surface area contributed by atoms with Gasteiger partial charge in [0.05, 0.1) is 21.8 Å². The van der Waals surface area contributed by atoms with E-state index >= 15 is 0 Å². The van der Waals surface area contributed by atoms with E-state index in [2.05, 4.69) is 22.4 Å². The Hall–Kier alpha value is -3.49. The van der Waals surface area contributed by atoms with Crippen molar-refractivity contribution in [1.82, 2.24) is 4.98 Å². The molecule has 4 rings (SSSR count). The molecule has 0 aliphatic rings. The maximum absolute atomic E-state index is 12.3. The highest BCUT2D eigenvalue weighted by molar-refractivity contribution is 7.21. The SMILES string of the molecule is N#Cc1ccc(CCC(=O)Nc2cccc(-c3nc4ccccc4s3)c2)cc1. The number of para-hydroxylation sites is 1. The molecule has 0 radical (unpaired) electrons. The highest BCUT2D eigenvalue weighted by Gasteiger charge is 2.08. The Labute approximate surface area is 167 Å². The summed E-state index contributed by atoms with van der Waals surface area (Å²) in [7, 11) is 0. The van der Waals surface area contributed by atoms with E-state index in [1.54, 1.807) is 23.5 Å². The maximum Gasteiger partial charge on any atom is 0.224 e. The average molecular weight is 383 g/mol. The molecule has 0 atom stereocenters. The van der Waals surface area contributed by atoms with Crippen molar-refractivity contribution in [2.24, 2.45) is 0 Å².